The normalized spacial score (nSPS) is 13.5. The Morgan fingerprint density at radius 3 is 2.70 bits per heavy atom. The fraction of sp³-hybridized carbons (Fsp3) is 1.00. The second kappa shape index (κ2) is 7.28. The second-order valence-electron chi connectivity index (χ2n) is 2.30. The third kappa shape index (κ3) is 6.29. The Morgan fingerprint density at radius 2 is 2.20 bits per heavy atom. The zero-order valence-corrected chi connectivity index (χ0v) is 6.77. The van der Waals surface area contributed by atoms with Gasteiger partial charge >= 0.3 is 0 Å². The summed E-state index contributed by atoms with van der Waals surface area (Å²) in [7, 11) is 0. The number of hydrogen-bond acceptors (Lipinski definition) is 3. The van der Waals surface area contributed by atoms with Gasteiger partial charge in [-0.2, -0.15) is 0 Å². The SMILES string of the molecule is NC(CCCO)CCNCl. The van der Waals surface area contributed by atoms with Crippen molar-refractivity contribution in [1.29, 1.82) is 0 Å². The van der Waals surface area contributed by atoms with Crippen LogP contribution in [-0.4, -0.2) is 24.3 Å². The lowest BCUT2D eigenvalue weighted by atomic mass is 10.1. The van der Waals surface area contributed by atoms with Crippen molar-refractivity contribution >= 4 is 11.8 Å². The van der Waals surface area contributed by atoms with Crippen LogP contribution in [0.15, 0.2) is 0 Å². The van der Waals surface area contributed by atoms with Gasteiger partial charge in [0.25, 0.3) is 0 Å². The first-order valence-corrected chi connectivity index (χ1v) is 3.89. The smallest absolute Gasteiger partial charge is 0.0431 e. The Labute approximate surface area is 66.7 Å². The largest absolute Gasteiger partial charge is 0.396 e. The van der Waals surface area contributed by atoms with E-state index in [1.165, 1.54) is 0 Å². The van der Waals surface area contributed by atoms with Crippen molar-refractivity contribution in [3.8, 4) is 0 Å². The van der Waals surface area contributed by atoms with Crippen LogP contribution < -0.4 is 10.6 Å². The van der Waals surface area contributed by atoms with Gasteiger partial charge in [0.05, 0.1) is 0 Å². The summed E-state index contributed by atoms with van der Waals surface area (Å²) in [6, 6.07) is 0.165. The zero-order valence-electron chi connectivity index (χ0n) is 6.02. The topological polar surface area (TPSA) is 58.3 Å². The van der Waals surface area contributed by atoms with E-state index >= 15 is 0 Å². The van der Waals surface area contributed by atoms with E-state index in [1.54, 1.807) is 0 Å². The van der Waals surface area contributed by atoms with Crippen molar-refractivity contribution in [1.82, 2.24) is 4.84 Å². The predicted octanol–water partition coefficient (Wildman–Crippen LogP) is 0.220. The van der Waals surface area contributed by atoms with Crippen molar-refractivity contribution in [3.05, 3.63) is 0 Å². The summed E-state index contributed by atoms with van der Waals surface area (Å²) in [5.74, 6) is 0. The Bertz CT molecular complexity index is 64.8. The molecule has 4 heteroatoms. The van der Waals surface area contributed by atoms with Crippen LogP contribution in [0.2, 0.25) is 0 Å². The van der Waals surface area contributed by atoms with Crippen LogP contribution in [0.1, 0.15) is 19.3 Å². The number of aliphatic hydroxyl groups excluding tert-OH is 1. The molecule has 0 amide bonds. The Hall–Kier alpha value is 0.170. The van der Waals surface area contributed by atoms with Gasteiger partial charge in [-0.1, -0.05) is 0 Å². The van der Waals surface area contributed by atoms with E-state index in [0.29, 0.717) is 0 Å². The van der Waals surface area contributed by atoms with Crippen molar-refractivity contribution in [2.45, 2.75) is 25.3 Å². The summed E-state index contributed by atoms with van der Waals surface area (Å²) in [6.07, 6.45) is 2.52. The van der Waals surface area contributed by atoms with Crippen molar-refractivity contribution in [3.63, 3.8) is 0 Å². The van der Waals surface area contributed by atoms with Crippen LogP contribution in [-0.2, 0) is 0 Å². The molecule has 4 N–H and O–H groups in total. The molecule has 0 saturated heterocycles. The van der Waals surface area contributed by atoms with E-state index in [-0.39, 0.29) is 12.6 Å². The predicted molar refractivity (Wildman–Crippen MR) is 42.8 cm³/mol. The highest BCUT2D eigenvalue weighted by Crippen LogP contribution is 1.96. The van der Waals surface area contributed by atoms with E-state index in [4.69, 9.17) is 22.6 Å². The maximum Gasteiger partial charge on any atom is 0.0431 e. The molecular formula is C6H15ClN2O. The monoisotopic (exact) mass is 166 g/mol. The number of aliphatic hydroxyl groups is 1. The summed E-state index contributed by atoms with van der Waals surface area (Å²) in [4.78, 5) is 2.50. The molecule has 0 aromatic carbocycles. The molecule has 62 valence electrons. The minimum absolute atomic E-state index is 0.165. The van der Waals surface area contributed by atoms with Gasteiger partial charge in [0.2, 0.25) is 0 Å². The molecule has 10 heavy (non-hydrogen) atoms. The molecule has 0 aliphatic carbocycles. The summed E-state index contributed by atoms with van der Waals surface area (Å²) < 4.78 is 0. The van der Waals surface area contributed by atoms with Gasteiger partial charge in [-0.05, 0) is 31.0 Å². The number of rotatable bonds is 6. The van der Waals surface area contributed by atoms with Crippen LogP contribution in [0.5, 0.6) is 0 Å². The first kappa shape index (κ1) is 10.2. The number of nitrogens with two attached hydrogens (primary N) is 1. The highest BCUT2D eigenvalue weighted by atomic mass is 35.5. The molecular weight excluding hydrogens is 152 g/mol. The quantitative estimate of drug-likeness (QED) is 0.495. The Balaban J connectivity index is 3.00. The van der Waals surface area contributed by atoms with Crippen LogP contribution in [0.3, 0.4) is 0 Å². The molecule has 0 radical (unpaired) electrons. The molecule has 0 saturated carbocycles. The first-order chi connectivity index (χ1) is 4.81. The van der Waals surface area contributed by atoms with Gasteiger partial charge in [0.15, 0.2) is 0 Å². The molecule has 0 aliphatic rings. The number of nitrogens with one attached hydrogen (secondary N) is 1. The van der Waals surface area contributed by atoms with Gasteiger partial charge in [0, 0.05) is 19.2 Å². The van der Waals surface area contributed by atoms with E-state index in [0.717, 1.165) is 25.8 Å². The summed E-state index contributed by atoms with van der Waals surface area (Å²) in [6.45, 7) is 0.955. The molecule has 0 aromatic rings. The van der Waals surface area contributed by atoms with Crippen molar-refractivity contribution < 1.29 is 5.11 Å². The molecule has 0 spiro atoms. The summed E-state index contributed by atoms with van der Waals surface area (Å²) >= 11 is 5.22. The fourth-order valence-corrected chi connectivity index (χ4v) is 0.847. The summed E-state index contributed by atoms with van der Waals surface area (Å²) in [5.41, 5.74) is 5.64. The minimum Gasteiger partial charge on any atom is -0.396 e. The first-order valence-electron chi connectivity index (χ1n) is 3.51. The van der Waals surface area contributed by atoms with Crippen molar-refractivity contribution in [2.75, 3.05) is 13.2 Å². The van der Waals surface area contributed by atoms with Gasteiger partial charge in [-0.3, -0.25) is 0 Å². The third-order valence-corrected chi connectivity index (χ3v) is 1.53. The van der Waals surface area contributed by atoms with Crippen LogP contribution in [0.25, 0.3) is 0 Å². The van der Waals surface area contributed by atoms with Gasteiger partial charge in [-0.25, -0.2) is 4.84 Å². The molecule has 0 heterocycles. The van der Waals surface area contributed by atoms with E-state index < -0.39 is 0 Å². The highest BCUT2D eigenvalue weighted by Gasteiger charge is 1.99. The average molecular weight is 167 g/mol. The second-order valence-corrected chi connectivity index (χ2v) is 2.57. The number of halogens is 1. The summed E-state index contributed by atoms with van der Waals surface area (Å²) in [5, 5.41) is 8.44. The number of hydrogen-bond donors (Lipinski definition) is 3. The molecule has 3 nitrogen and oxygen atoms in total. The molecule has 0 rings (SSSR count). The standard InChI is InChI=1S/C6H15ClN2O/c7-9-4-3-6(8)2-1-5-10/h6,9-10H,1-5,8H2. The maximum absolute atomic E-state index is 8.44. The zero-order chi connectivity index (χ0) is 7.82. The van der Waals surface area contributed by atoms with Crippen LogP contribution in [0, 0.1) is 0 Å². The van der Waals surface area contributed by atoms with Crippen molar-refractivity contribution in [2.24, 2.45) is 5.73 Å². The third-order valence-electron chi connectivity index (χ3n) is 1.34. The lowest BCUT2D eigenvalue weighted by molar-refractivity contribution is 0.278. The lowest BCUT2D eigenvalue weighted by Gasteiger charge is -2.08. The Kier molecular flexibility index (Phi) is 7.40. The highest BCUT2D eigenvalue weighted by molar-refractivity contribution is 6.13. The Morgan fingerprint density at radius 1 is 1.50 bits per heavy atom. The lowest BCUT2D eigenvalue weighted by Crippen LogP contribution is -2.23. The molecule has 0 aliphatic heterocycles. The fourth-order valence-electron chi connectivity index (χ4n) is 0.738. The molecule has 0 fully saturated rings. The van der Waals surface area contributed by atoms with E-state index in [9.17, 15) is 0 Å². The van der Waals surface area contributed by atoms with Gasteiger partial charge in [0.1, 0.15) is 0 Å². The molecule has 0 aromatic heterocycles. The minimum atomic E-state index is 0.165. The molecule has 0 bridgehead atoms. The van der Waals surface area contributed by atoms with Gasteiger partial charge in [-0.15, -0.1) is 0 Å². The van der Waals surface area contributed by atoms with E-state index in [2.05, 4.69) is 4.84 Å². The molecule has 1 atom stereocenters. The average Bonchev–Trinajstić information content (AvgIpc) is 1.97. The maximum atomic E-state index is 8.44. The van der Waals surface area contributed by atoms with Gasteiger partial charge < -0.3 is 10.8 Å². The van der Waals surface area contributed by atoms with E-state index in [1.807, 2.05) is 0 Å². The molecule has 1 unspecified atom stereocenters. The van der Waals surface area contributed by atoms with Crippen LogP contribution in [0.4, 0.5) is 0 Å². The van der Waals surface area contributed by atoms with Crippen LogP contribution >= 0.6 is 11.8 Å².